The Kier molecular flexibility index (Phi) is 4.54. The van der Waals surface area contributed by atoms with Gasteiger partial charge >= 0.3 is 0 Å². The van der Waals surface area contributed by atoms with Crippen molar-refractivity contribution in [3.8, 4) is 0 Å². The minimum absolute atomic E-state index is 0.0734. The van der Waals surface area contributed by atoms with Crippen LogP contribution in [0, 0.1) is 0 Å². The first-order chi connectivity index (χ1) is 11.2. The van der Waals surface area contributed by atoms with Gasteiger partial charge in [-0.15, -0.1) is 0 Å². The number of carbonyl (C=O) groups excluding carboxylic acids is 2. The molecule has 2 heterocycles. The lowest BCUT2D eigenvalue weighted by Crippen LogP contribution is -2.14. The second kappa shape index (κ2) is 6.93. The average molecular weight is 326 g/mol. The molecule has 3 aromatic rings. The summed E-state index contributed by atoms with van der Waals surface area (Å²) in [5.74, 6) is -0.141. The Morgan fingerprint density at radius 3 is 2.35 bits per heavy atom. The number of thiophene rings is 1. The second-order valence-electron chi connectivity index (χ2n) is 4.87. The van der Waals surface area contributed by atoms with E-state index in [9.17, 15) is 9.59 Å². The Labute approximate surface area is 136 Å². The molecule has 0 bridgehead atoms. The van der Waals surface area contributed by atoms with E-state index in [-0.39, 0.29) is 17.6 Å². The zero-order valence-corrected chi connectivity index (χ0v) is 12.9. The Hall–Kier alpha value is -2.86. The highest BCUT2D eigenvalue weighted by atomic mass is 32.1. The number of rotatable bonds is 5. The van der Waals surface area contributed by atoms with Gasteiger partial charge in [-0.25, -0.2) is 0 Å². The quantitative estimate of drug-likeness (QED) is 0.749. The fourth-order valence-corrected chi connectivity index (χ4v) is 2.69. The van der Waals surface area contributed by atoms with E-state index in [1.54, 1.807) is 47.7 Å². The van der Waals surface area contributed by atoms with E-state index in [1.165, 1.54) is 6.26 Å². The fraction of sp³-hybridized carbons (Fsp3) is 0.0588. The highest BCUT2D eigenvalue weighted by Gasteiger charge is 2.09. The molecule has 0 saturated carbocycles. The summed E-state index contributed by atoms with van der Waals surface area (Å²) < 4.78 is 5.03. The van der Waals surface area contributed by atoms with E-state index in [1.807, 2.05) is 16.8 Å². The van der Waals surface area contributed by atoms with Gasteiger partial charge in [0.05, 0.1) is 12.7 Å². The summed E-state index contributed by atoms with van der Waals surface area (Å²) in [4.78, 5) is 23.8. The maximum atomic E-state index is 11.9. The van der Waals surface area contributed by atoms with E-state index in [4.69, 9.17) is 4.42 Å². The third-order valence-electron chi connectivity index (χ3n) is 3.12. The van der Waals surface area contributed by atoms with Gasteiger partial charge in [0.15, 0.2) is 5.76 Å². The van der Waals surface area contributed by atoms with Gasteiger partial charge in [-0.2, -0.15) is 11.3 Å². The van der Waals surface area contributed by atoms with E-state index < -0.39 is 0 Å². The summed E-state index contributed by atoms with van der Waals surface area (Å²) in [7, 11) is 0. The Morgan fingerprint density at radius 2 is 1.74 bits per heavy atom. The maximum Gasteiger partial charge on any atom is 0.291 e. The summed E-state index contributed by atoms with van der Waals surface area (Å²) in [6, 6.07) is 12.1. The van der Waals surface area contributed by atoms with E-state index in [0.717, 1.165) is 5.56 Å². The third-order valence-corrected chi connectivity index (χ3v) is 3.85. The highest BCUT2D eigenvalue weighted by molar-refractivity contribution is 7.08. The van der Waals surface area contributed by atoms with Crippen LogP contribution in [0.2, 0.25) is 0 Å². The number of carbonyl (C=O) groups is 2. The molecule has 23 heavy (non-hydrogen) atoms. The van der Waals surface area contributed by atoms with Crippen molar-refractivity contribution in [2.45, 2.75) is 6.42 Å². The minimum atomic E-state index is -0.316. The summed E-state index contributed by atoms with van der Waals surface area (Å²) in [6.07, 6.45) is 1.79. The van der Waals surface area contributed by atoms with Gasteiger partial charge in [0.2, 0.25) is 5.91 Å². The number of amides is 2. The molecule has 0 aliphatic carbocycles. The van der Waals surface area contributed by atoms with Crippen molar-refractivity contribution in [1.82, 2.24) is 0 Å². The van der Waals surface area contributed by atoms with Crippen molar-refractivity contribution in [2.24, 2.45) is 0 Å². The van der Waals surface area contributed by atoms with E-state index in [2.05, 4.69) is 10.6 Å². The normalized spacial score (nSPS) is 10.3. The fourth-order valence-electron chi connectivity index (χ4n) is 2.02. The van der Waals surface area contributed by atoms with Crippen LogP contribution < -0.4 is 10.6 Å². The van der Waals surface area contributed by atoms with Crippen molar-refractivity contribution < 1.29 is 14.0 Å². The maximum absolute atomic E-state index is 11.9. The second-order valence-corrected chi connectivity index (χ2v) is 5.65. The first-order valence-corrected chi connectivity index (χ1v) is 7.91. The number of hydrogen-bond donors (Lipinski definition) is 2. The Bertz CT molecular complexity index is 778. The van der Waals surface area contributed by atoms with Gasteiger partial charge in [0, 0.05) is 11.4 Å². The molecule has 0 aliphatic heterocycles. The monoisotopic (exact) mass is 326 g/mol. The van der Waals surface area contributed by atoms with Crippen LogP contribution in [0.25, 0.3) is 0 Å². The zero-order chi connectivity index (χ0) is 16.1. The molecular formula is C17H14N2O3S. The molecule has 116 valence electrons. The van der Waals surface area contributed by atoms with Gasteiger partial charge in [0.25, 0.3) is 5.91 Å². The lowest BCUT2D eigenvalue weighted by atomic mass is 10.2. The molecule has 5 nitrogen and oxygen atoms in total. The standard InChI is InChI=1S/C17H14N2O3S/c20-16(10-12-7-9-23-11-12)18-13-3-5-14(6-4-13)19-17(21)15-2-1-8-22-15/h1-9,11H,10H2,(H,18,20)(H,19,21). The predicted octanol–water partition coefficient (Wildman–Crippen LogP) is 3.77. The molecule has 0 unspecified atom stereocenters. The number of anilines is 2. The summed E-state index contributed by atoms with van der Waals surface area (Å²) in [5.41, 5.74) is 2.30. The minimum Gasteiger partial charge on any atom is -0.459 e. The molecule has 0 aliphatic rings. The number of nitrogens with one attached hydrogen (secondary N) is 2. The van der Waals surface area contributed by atoms with Gasteiger partial charge in [0.1, 0.15) is 0 Å². The van der Waals surface area contributed by atoms with Crippen LogP contribution in [-0.2, 0) is 11.2 Å². The number of hydrogen-bond acceptors (Lipinski definition) is 4. The molecule has 0 spiro atoms. The molecular weight excluding hydrogens is 312 g/mol. The van der Waals surface area contributed by atoms with Crippen molar-refractivity contribution in [3.05, 3.63) is 70.8 Å². The molecule has 0 fully saturated rings. The van der Waals surface area contributed by atoms with Gasteiger partial charge < -0.3 is 15.1 Å². The molecule has 3 rings (SSSR count). The highest BCUT2D eigenvalue weighted by Crippen LogP contribution is 2.15. The van der Waals surface area contributed by atoms with Crippen molar-refractivity contribution in [3.63, 3.8) is 0 Å². The van der Waals surface area contributed by atoms with Crippen LogP contribution in [0.15, 0.2) is 63.9 Å². The summed E-state index contributed by atoms with van der Waals surface area (Å²) >= 11 is 1.57. The number of furan rings is 1. The van der Waals surface area contributed by atoms with Crippen LogP contribution in [0.3, 0.4) is 0 Å². The molecule has 0 atom stereocenters. The smallest absolute Gasteiger partial charge is 0.291 e. The summed E-state index contributed by atoms with van der Waals surface area (Å²) in [6.45, 7) is 0. The van der Waals surface area contributed by atoms with Crippen LogP contribution >= 0.6 is 11.3 Å². The Morgan fingerprint density at radius 1 is 1.00 bits per heavy atom. The van der Waals surface area contributed by atoms with Crippen LogP contribution in [-0.4, -0.2) is 11.8 Å². The Balaban J connectivity index is 1.56. The van der Waals surface area contributed by atoms with Gasteiger partial charge in [-0.1, -0.05) is 0 Å². The third kappa shape index (κ3) is 4.08. The summed E-state index contributed by atoms with van der Waals surface area (Å²) in [5, 5.41) is 9.43. The lowest BCUT2D eigenvalue weighted by Gasteiger charge is -2.07. The molecule has 2 amide bonds. The molecule has 2 N–H and O–H groups in total. The van der Waals surface area contributed by atoms with E-state index >= 15 is 0 Å². The first kappa shape index (κ1) is 15.1. The first-order valence-electron chi connectivity index (χ1n) is 6.96. The largest absolute Gasteiger partial charge is 0.459 e. The molecule has 0 saturated heterocycles. The number of benzene rings is 1. The van der Waals surface area contributed by atoms with Crippen LogP contribution in [0.4, 0.5) is 11.4 Å². The predicted molar refractivity (Wildman–Crippen MR) is 89.8 cm³/mol. The zero-order valence-electron chi connectivity index (χ0n) is 12.1. The van der Waals surface area contributed by atoms with Gasteiger partial charge in [-0.3, -0.25) is 9.59 Å². The van der Waals surface area contributed by atoms with Crippen molar-refractivity contribution in [2.75, 3.05) is 10.6 Å². The average Bonchev–Trinajstić information content (AvgIpc) is 3.22. The van der Waals surface area contributed by atoms with Crippen LogP contribution in [0.5, 0.6) is 0 Å². The SMILES string of the molecule is O=C(Cc1ccsc1)Nc1ccc(NC(=O)c2ccco2)cc1. The van der Waals surface area contributed by atoms with Crippen LogP contribution in [0.1, 0.15) is 16.1 Å². The van der Waals surface area contributed by atoms with Crippen molar-refractivity contribution >= 4 is 34.5 Å². The lowest BCUT2D eigenvalue weighted by molar-refractivity contribution is -0.115. The topological polar surface area (TPSA) is 71.3 Å². The van der Waals surface area contributed by atoms with E-state index in [0.29, 0.717) is 17.8 Å². The van der Waals surface area contributed by atoms with Crippen molar-refractivity contribution in [1.29, 1.82) is 0 Å². The molecule has 0 radical (unpaired) electrons. The van der Waals surface area contributed by atoms with Gasteiger partial charge in [-0.05, 0) is 58.8 Å². The molecule has 1 aromatic carbocycles. The molecule has 6 heteroatoms. The molecule has 2 aromatic heterocycles.